The maximum atomic E-state index is 11.7. The van der Waals surface area contributed by atoms with E-state index < -0.39 is 0 Å². The summed E-state index contributed by atoms with van der Waals surface area (Å²) >= 11 is 0. The van der Waals surface area contributed by atoms with Crippen LogP contribution < -0.4 is 11.1 Å². The van der Waals surface area contributed by atoms with Crippen LogP contribution >= 0.6 is 0 Å². The van der Waals surface area contributed by atoms with Crippen LogP contribution in [0.3, 0.4) is 0 Å². The van der Waals surface area contributed by atoms with Gasteiger partial charge in [-0.15, -0.1) is 0 Å². The zero-order valence-electron chi connectivity index (χ0n) is 10.4. The summed E-state index contributed by atoms with van der Waals surface area (Å²) in [6.07, 6.45) is 1.42. The molecule has 1 rings (SSSR count). The zero-order chi connectivity index (χ0) is 12.1. The fourth-order valence-electron chi connectivity index (χ4n) is 1.62. The number of nitrogens with one attached hydrogen (secondary N) is 1. The van der Waals surface area contributed by atoms with Gasteiger partial charge in [0.1, 0.15) is 6.10 Å². The fraction of sp³-hybridized carbons (Fsp3) is 0.909. The summed E-state index contributed by atoms with van der Waals surface area (Å²) < 4.78 is 5.51. The van der Waals surface area contributed by atoms with E-state index in [-0.39, 0.29) is 18.1 Å². The second-order valence-corrected chi connectivity index (χ2v) is 4.62. The number of ether oxygens (including phenoxy) is 1. The first-order valence-electron chi connectivity index (χ1n) is 5.84. The quantitative estimate of drug-likeness (QED) is 0.670. The average molecular weight is 229 g/mol. The number of nitrogens with zero attached hydrogens (tertiary/aromatic N) is 1. The highest BCUT2D eigenvalue weighted by molar-refractivity contribution is 5.81. The molecule has 3 atom stereocenters. The molecule has 1 aliphatic rings. The van der Waals surface area contributed by atoms with Crippen LogP contribution in [0.2, 0.25) is 0 Å². The van der Waals surface area contributed by atoms with Gasteiger partial charge in [-0.25, -0.2) is 0 Å². The molecular formula is C11H23N3O2. The van der Waals surface area contributed by atoms with Crippen molar-refractivity contribution in [3.8, 4) is 0 Å². The summed E-state index contributed by atoms with van der Waals surface area (Å²) in [5.41, 5.74) is 5.49. The van der Waals surface area contributed by atoms with Gasteiger partial charge in [0.25, 0.3) is 0 Å². The lowest BCUT2D eigenvalue weighted by Crippen LogP contribution is -2.42. The highest BCUT2D eigenvalue weighted by Crippen LogP contribution is 2.18. The molecule has 3 N–H and O–H groups in total. The van der Waals surface area contributed by atoms with Crippen molar-refractivity contribution in [1.82, 2.24) is 10.2 Å². The van der Waals surface area contributed by atoms with Crippen molar-refractivity contribution >= 4 is 5.91 Å². The second kappa shape index (κ2) is 6.18. The fourth-order valence-corrected chi connectivity index (χ4v) is 1.62. The molecule has 5 heteroatoms. The number of rotatable bonds is 5. The molecule has 0 aromatic rings. The zero-order valence-corrected chi connectivity index (χ0v) is 10.4. The van der Waals surface area contributed by atoms with Crippen LogP contribution in [0.1, 0.15) is 19.8 Å². The van der Waals surface area contributed by atoms with E-state index in [0.717, 1.165) is 12.8 Å². The summed E-state index contributed by atoms with van der Waals surface area (Å²) in [5, 5.41) is 2.90. The standard InChI is InChI=1S/C11H23N3O2/c1-8(14(2)3)7-13-11(15)10-5-4-9(6-12)16-10/h8-10H,4-7,12H2,1-3H3,(H,13,15). The second-order valence-electron chi connectivity index (χ2n) is 4.62. The van der Waals surface area contributed by atoms with Crippen molar-refractivity contribution in [2.45, 2.75) is 38.0 Å². The van der Waals surface area contributed by atoms with Gasteiger partial charge in [-0.3, -0.25) is 4.79 Å². The van der Waals surface area contributed by atoms with Crippen LogP contribution in [-0.2, 0) is 9.53 Å². The van der Waals surface area contributed by atoms with Crippen molar-refractivity contribution in [2.75, 3.05) is 27.2 Å². The van der Waals surface area contributed by atoms with Crippen molar-refractivity contribution in [2.24, 2.45) is 5.73 Å². The van der Waals surface area contributed by atoms with Gasteiger partial charge in [0.15, 0.2) is 0 Å². The van der Waals surface area contributed by atoms with Crippen molar-refractivity contribution in [3.63, 3.8) is 0 Å². The largest absolute Gasteiger partial charge is 0.364 e. The van der Waals surface area contributed by atoms with Crippen LogP contribution in [0.25, 0.3) is 0 Å². The van der Waals surface area contributed by atoms with E-state index >= 15 is 0 Å². The molecule has 3 unspecified atom stereocenters. The molecule has 0 aliphatic carbocycles. The summed E-state index contributed by atoms with van der Waals surface area (Å²) in [4.78, 5) is 13.8. The van der Waals surface area contributed by atoms with Crippen molar-refractivity contribution in [1.29, 1.82) is 0 Å². The van der Waals surface area contributed by atoms with Gasteiger partial charge in [-0.1, -0.05) is 0 Å². The molecule has 1 saturated heterocycles. The first kappa shape index (κ1) is 13.4. The lowest BCUT2D eigenvalue weighted by molar-refractivity contribution is -0.132. The lowest BCUT2D eigenvalue weighted by Gasteiger charge is -2.21. The van der Waals surface area contributed by atoms with Gasteiger partial charge < -0.3 is 20.7 Å². The number of likely N-dealkylation sites (N-methyl/N-ethyl adjacent to an activating group) is 1. The first-order valence-corrected chi connectivity index (χ1v) is 5.84. The lowest BCUT2D eigenvalue weighted by atomic mass is 10.2. The molecule has 94 valence electrons. The maximum Gasteiger partial charge on any atom is 0.249 e. The summed E-state index contributed by atoms with van der Waals surface area (Å²) in [5.74, 6) is -0.00958. The van der Waals surface area contributed by atoms with E-state index in [1.165, 1.54) is 0 Å². The van der Waals surface area contributed by atoms with Crippen LogP contribution in [0.15, 0.2) is 0 Å². The molecule has 0 aromatic carbocycles. The molecule has 0 spiro atoms. The average Bonchev–Trinajstić information content (AvgIpc) is 2.73. The van der Waals surface area contributed by atoms with Crippen molar-refractivity contribution in [3.05, 3.63) is 0 Å². The number of amides is 1. The predicted octanol–water partition coefficient (Wildman–Crippen LogP) is -0.441. The van der Waals surface area contributed by atoms with Gasteiger partial charge in [0, 0.05) is 19.1 Å². The van der Waals surface area contributed by atoms with Gasteiger partial charge in [-0.05, 0) is 33.9 Å². The van der Waals surface area contributed by atoms with Crippen LogP contribution in [-0.4, -0.2) is 56.2 Å². The SMILES string of the molecule is CC(CNC(=O)C1CCC(CN)O1)N(C)C. The minimum absolute atomic E-state index is 0.00958. The van der Waals surface area contributed by atoms with Crippen LogP contribution in [0.5, 0.6) is 0 Å². The minimum atomic E-state index is -0.303. The molecule has 0 saturated carbocycles. The number of carbonyl (C=O) groups excluding carboxylic acids is 1. The molecule has 0 bridgehead atoms. The molecule has 1 amide bonds. The number of hydrogen-bond donors (Lipinski definition) is 2. The van der Waals surface area contributed by atoms with E-state index in [2.05, 4.69) is 17.1 Å². The first-order chi connectivity index (χ1) is 7.54. The van der Waals surface area contributed by atoms with E-state index in [0.29, 0.717) is 19.1 Å². The van der Waals surface area contributed by atoms with Crippen LogP contribution in [0.4, 0.5) is 0 Å². The molecule has 1 aliphatic heterocycles. The molecule has 5 nitrogen and oxygen atoms in total. The minimum Gasteiger partial charge on any atom is -0.364 e. The Balaban J connectivity index is 2.26. The normalized spacial score (nSPS) is 27.1. The summed E-state index contributed by atoms with van der Waals surface area (Å²) in [7, 11) is 3.99. The molecule has 0 radical (unpaired) electrons. The summed E-state index contributed by atoms with van der Waals surface area (Å²) in [6, 6.07) is 0.329. The predicted molar refractivity (Wildman–Crippen MR) is 63.1 cm³/mol. The Morgan fingerprint density at radius 2 is 2.25 bits per heavy atom. The topological polar surface area (TPSA) is 67.6 Å². The Kier molecular flexibility index (Phi) is 5.18. The summed E-state index contributed by atoms with van der Waals surface area (Å²) in [6.45, 7) is 3.22. The number of nitrogens with two attached hydrogens (primary N) is 1. The molecule has 16 heavy (non-hydrogen) atoms. The monoisotopic (exact) mass is 229 g/mol. The third-order valence-corrected chi connectivity index (χ3v) is 3.12. The van der Waals surface area contributed by atoms with Gasteiger partial charge in [-0.2, -0.15) is 0 Å². The Morgan fingerprint density at radius 3 is 2.75 bits per heavy atom. The van der Waals surface area contributed by atoms with E-state index in [1.807, 2.05) is 14.1 Å². The van der Waals surface area contributed by atoms with Gasteiger partial charge in [0.2, 0.25) is 5.91 Å². The maximum absolute atomic E-state index is 11.7. The Morgan fingerprint density at radius 1 is 1.56 bits per heavy atom. The third-order valence-electron chi connectivity index (χ3n) is 3.12. The molecule has 0 aromatic heterocycles. The number of carbonyl (C=O) groups is 1. The smallest absolute Gasteiger partial charge is 0.249 e. The molecular weight excluding hydrogens is 206 g/mol. The molecule has 1 fully saturated rings. The van der Waals surface area contributed by atoms with E-state index in [1.54, 1.807) is 0 Å². The Bertz CT molecular complexity index is 233. The Labute approximate surface area is 97.3 Å². The highest BCUT2D eigenvalue weighted by atomic mass is 16.5. The van der Waals surface area contributed by atoms with Gasteiger partial charge in [0.05, 0.1) is 6.10 Å². The van der Waals surface area contributed by atoms with E-state index in [9.17, 15) is 4.79 Å². The third kappa shape index (κ3) is 3.73. The van der Waals surface area contributed by atoms with Crippen LogP contribution in [0, 0.1) is 0 Å². The number of hydrogen-bond acceptors (Lipinski definition) is 4. The Hall–Kier alpha value is -0.650. The highest BCUT2D eigenvalue weighted by Gasteiger charge is 2.29. The molecule has 1 heterocycles. The van der Waals surface area contributed by atoms with Crippen molar-refractivity contribution < 1.29 is 9.53 Å². The van der Waals surface area contributed by atoms with Gasteiger partial charge >= 0.3 is 0 Å². The van der Waals surface area contributed by atoms with E-state index in [4.69, 9.17) is 10.5 Å².